The van der Waals surface area contributed by atoms with Crippen LogP contribution in [0.15, 0.2) is 22.2 Å². The standard InChI is InChI=1S/C14H17N3O3/c18-13-11(15-14(19)16-13)9-10-5-6-12(20-10)17-7-3-1-2-4-8-17/h5-6,9H,1-4,7-8H2,(H2,15,16,18,19)/b11-9+. The predicted octanol–water partition coefficient (Wildman–Crippen LogP) is 1.84. The van der Waals surface area contributed by atoms with Gasteiger partial charge in [-0.25, -0.2) is 4.79 Å². The number of nitrogens with zero attached hydrogens (tertiary/aromatic N) is 1. The molecule has 20 heavy (non-hydrogen) atoms. The van der Waals surface area contributed by atoms with E-state index in [1.54, 1.807) is 6.08 Å². The lowest BCUT2D eigenvalue weighted by Gasteiger charge is -2.18. The molecule has 2 aliphatic heterocycles. The van der Waals surface area contributed by atoms with Gasteiger partial charge in [-0.05, 0) is 18.9 Å². The fraction of sp³-hybridized carbons (Fsp3) is 0.429. The topological polar surface area (TPSA) is 74.6 Å². The number of amides is 3. The fourth-order valence-electron chi connectivity index (χ4n) is 2.51. The van der Waals surface area contributed by atoms with E-state index in [1.165, 1.54) is 25.7 Å². The zero-order chi connectivity index (χ0) is 13.9. The lowest BCUT2D eigenvalue weighted by atomic mass is 10.2. The minimum atomic E-state index is -0.499. The van der Waals surface area contributed by atoms with Crippen LogP contribution >= 0.6 is 0 Å². The Bertz CT molecular complexity index is 554. The molecule has 2 fully saturated rings. The van der Waals surface area contributed by atoms with Crippen LogP contribution in [0.1, 0.15) is 31.4 Å². The molecule has 1 aromatic heterocycles. The lowest BCUT2D eigenvalue weighted by Crippen LogP contribution is -2.23. The van der Waals surface area contributed by atoms with Crippen molar-refractivity contribution < 1.29 is 14.0 Å². The van der Waals surface area contributed by atoms with Gasteiger partial charge >= 0.3 is 6.03 Å². The highest BCUT2D eigenvalue weighted by atomic mass is 16.4. The van der Waals surface area contributed by atoms with Crippen LogP contribution in [0.2, 0.25) is 0 Å². The molecular weight excluding hydrogens is 258 g/mol. The van der Waals surface area contributed by atoms with Crippen LogP contribution in [0, 0.1) is 0 Å². The van der Waals surface area contributed by atoms with Gasteiger partial charge in [0.15, 0.2) is 5.88 Å². The van der Waals surface area contributed by atoms with Crippen molar-refractivity contribution >= 4 is 23.9 Å². The number of urea groups is 1. The Labute approximate surface area is 116 Å². The summed E-state index contributed by atoms with van der Waals surface area (Å²) in [5.74, 6) is 0.961. The lowest BCUT2D eigenvalue weighted by molar-refractivity contribution is -0.115. The first-order valence-corrected chi connectivity index (χ1v) is 6.91. The smallest absolute Gasteiger partial charge is 0.326 e. The summed E-state index contributed by atoms with van der Waals surface area (Å²) in [6.45, 7) is 2.00. The summed E-state index contributed by atoms with van der Waals surface area (Å²) < 4.78 is 5.74. The number of imide groups is 1. The van der Waals surface area contributed by atoms with E-state index in [2.05, 4.69) is 15.5 Å². The van der Waals surface area contributed by atoms with Crippen molar-refractivity contribution in [3.05, 3.63) is 23.6 Å². The molecular formula is C14H17N3O3. The quantitative estimate of drug-likeness (QED) is 0.638. The summed E-state index contributed by atoms with van der Waals surface area (Å²) in [6, 6.07) is 3.22. The number of nitrogens with one attached hydrogen (secondary N) is 2. The van der Waals surface area contributed by atoms with E-state index < -0.39 is 11.9 Å². The second-order valence-corrected chi connectivity index (χ2v) is 5.04. The molecule has 6 heteroatoms. The molecule has 0 atom stereocenters. The number of carbonyl (C=O) groups is 2. The number of anilines is 1. The van der Waals surface area contributed by atoms with Gasteiger partial charge in [-0.1, -0.05) is 12.8 Å². The molecule has 3 heterocycles. The van der Waals surface area contributed by atoms with Crippen LogP contribution in [-0.2, 0) is 4.79 Å². The fourth-order valence-corrected chi connectivity index (χ4v) is 2.51. The molecule has 1 aromatic rings. The summed E-state index contributed by atoms with van der Waals surface area (Å²) in [4.78, 5) is 24.7. The number of carbonyl (C=O) groups excluding carboxylic acids is 2. The van der Waals surface area contributed by atoms with Gasteiger partial charge in [0.2, 0.25) is 0 Å². The first kappa shape index (κ1) is 12.8. The minimum Gasteiger partial charge on any atom is -0.441 e. The number of rotatable bonds is 2. The zero-order valence-corrected chi connectivity index (χ0v) is 11.1. The molecule has 0 saturated carbocycles. The van der Waals surface area contributed by atoms with Crippen LogP contribution in [-0.4, -0.2) is 25.0 Å². The summed E-state index contributed by atoms with van der Waals surface area (Å²) in [5.41, 5.74) is 0.215. The Balaban J connectivity index is 1.75. The van der Waals surface area contributed by atoms with Gasteiger partial charge in [-0.2, -0.15) is 0 Å². The molecule has 6 nitrogen and oxygen atoms in total. The van der Waals surface area contributed by atoms with E-state index in [0.29, 0.717) is 5.76 Å². The first-order valence-electron chi connectivity index (χ1n) is 6.91. The molecule has 0 aromatic carbocycles. The Morgan fingerprint density at radius 2 is 1.80 bits per heavy atom. The van der Waals surface area contributed by atoms with Gasteiger partial charge in [0.05, 0.1) is 0 Å². The molecule has 106 valence electrons. The van der Waals surface area contributed by atoms with Crippen molar-refractivity contribution in [1.29, 1.82) is 0 Å². The van der Waals surface area contributed by atoms with E-state index in [1.807, 2.05) is 12.1 Å². The van der Waals surface area contributed by atoms with E-state index >= 15 is 0 Å². The van der Waals surface area contributed by atoms with E-state index in [4.69, 9.17) is 4.42 Å². The van der Waals surface area contributed by atoms with Gasteiger partial charge in [0.1, 0.15) is 11.5 Å². The van der Waals surface area contributed by atoms with Crippen molar-refractivity contribution in [2.24, 2.45) is 0 Å². The predicted molar refractivity (Wildman–Crippen MR) is 74.0 cm³/mol. The average Bonchev–Trinajstić information content (AvgIpc) is 2.88. The summed E-state index contributed by atoms with van der Waals surface area (Å²) >= 11 is 0. The maximum absolute atomic E-state index is 11.4. The molecule has 0 spiro atoms. The minimum absolute atomic E-state index is 0.215. The highest BCUT2D eigenvalue weighted by Crippen LogP contribution is 2.23. The number of hydrogen-bond acceptors (Lipinski definition) is 4. The third-order valence-electron chi connectivity index (χ3n) is 3.54. The number of furan rings is 1. The monoisotopic (exact) mass is 275 g/mol. The van der Waals surface area contributed by atoms with Gasteiger partial charge in [0, 0.05) is 25.2 Å². The average molecular weight is 275 g/mol. The molecule has 2 aliphatic rings. The Hall–Kier alpha value is -2.24. The molecule has 2 N–H and O–H groups in total. The Morgan fingerprint density at radius 1 is 1.05 bits per heavy atom. The van der Waals surface area contributed by atoms with Crippen LogP contribution in [0.3, 0.4) is 0 Å². The second kappa shape index (κ2) is 5.40. The summed E-state index contributed by atoms with van der Waals surface area (Å²) in [7, 11) is 0. The largest absolute Gasteiger partial charge is 0.441 e. The van der Waals surface area contributed by atoms with Crippen molar-refractivity contribution in [1.82, 2.24) is 10.6 Å². The maximum atomic E-state index is 11.4. The second-order valence-electron chi connectivity index (χ2n) is 5.04. The molecule has 2 saturated heterocycles. The van der Waals surface area contributed by atoms with Crippen molar-refractivity contribution in [3.63, 3.8) is 0 Å². The van der Waals surface area contributed by atoms with Gasteiger partial charge in [-0.3, -0.25) is 10.1 Å². The maximum Gasteiger partial charge on any atom is 0.326 e. The van der Waals surface area contributed by atoms with Crippen LogP contribution in [0.4, 0.5) is 10.7 Å². The van der Waals surface area contributed by atoms with Gasteiger partial charge < -0.3 is 14.6 Å². The SMILES string of the molecule is O=C1NC(=O)/C(=C\c2ccc(N3CCCCCC3)o2)N1. The van der Waals surface area contributed by atoms with Crippen LogP contribution in [0.5, 0.6) is 0 Å². The normalized spacial score (nSPS) is 21.8. The van der Waals surface area contributed by atoms with E-state index in [9.17, 15) is 9.59 Å². The summed E-state index contributed by atoms with van der Waals surface area (Å²) in [6.07, 6.45) is 6.42. The molecule has 0 unspecified atom stereocenters. The van der Waals surface area contributed by atoms with Crippen LogP contribution < -0.4 is 15.5 Å². The Kier molecular flexibility index (Phi) is 3.45. The molecule has 3 amide bonds. The van der Waals surface area contributed by atoms with Crippen molar-refractivity contribution in [2.75, 3.05) is 18.0 Å². The molecule has 0 bridgehead atoms. The number of hydrogen-bond donors (Lipinski definition) is 2. The van der Waals surface area contributed by atoms with Crippen molar-refractivity contribution in [2.45, 2.75) is 25.7 Å². The van der Waals surface area contributed by atoms with E-state index in [0.717, 1.165) is 19.0 Å². The van der Waals surface area contributed by atoms with Gasteiger partial charge in [-0.15, -0.1) is 0 Å². The van der Waals surface area contributed by atoms with Crippen molar-refractivity contribution in [3.8, 4) is 0 Å². The van der Waals surface area contributed by atoms with Gasteiger partial charge in [0.25, 0.3) is 5.91 Å². The summed E-state index contributed by atoms with van der Waals surface area (Å²) in [5, 5.41) is 4.60. The Morgan fingerprint density at radius 3 is 2.45 bits per heavy atom. The highest BCUT2D eigenvalue weighted by molar-refractivity contribution is 6.13. The van der Waals surface area contributed by atoms with E-state index in [-0.39, 0.29) is 5.70 Å². The molecule has 0 radical (unpaired) electrons. The zero-order valence-electron chi connectivity index (χ0n) is 11.1. The first-order chi connectivity index (χ1) is 9.72. The van der Waals surface area contributed by atoms with Crippen LogP contribution in [0.25, 0.3) is 6.08 Å². The highest BCUT2D eigenvalue weighted by Gasteiger charge is 2.23. The third kappa shape index (κ3) is 2.68. The molecule has 0 aliphatic carbocycles. The third-order valence-corrected chi connectivity index (χ3v) is 3.54. The molecule has 3 rings (SSSR count).